The smallest absolute Gasteiger partial charge is 0.231 e. The Balaban J connectivity index is 1.41. The van der Waals surface area contributed by atoms with E-state index in [9.17, 15) is 0 Å². The molecule has 24 heavy (non-hydrogen) atoms. The first-order valence-electron chi connectivity index (χ1n) is 9.32. The highest BCUT2D eigenvalue weighted by atomic mass is 16.5. The number of likely N-dealkylation sites (tertiary alicyclic amines) is 1. The fourth-order valence-corrected chi connectivity index (χ4v) is 4.77. The Morgan fingerprint density at radius 1 is 1.21 bits per heavy atom. The van der Waals surface area contributed by atoms with Crippen LogP contribution in [0.4, 0.5) is 0 Å². The van der Waals surface area contributed by atoms with Crippen LogP contribution in [0.5, 0.6) is 0 Å². The van der Waals surface area contributed by atoms with Crippen LogP contribution >= 0.6 is 0 Å². The molecule has 0 N–H and O–H groups in total. The number of aromatic nitrogens is 2. The lowest BCUT2D eigenvalue weighted by Crippen LogP contribution is -2.27. The number of hydrogen-bond donors (Lipinski definition) is 0. The highest BCUT2D eigenvalue weighted by molar-refractivity contribution is 5.15. The summed E-state index contributed by atoms with van der Waals surface area (Å²) >= 11 is 0. The standard InChI is InChI=1S/C20H27N3O/c1-16-21-19(24-22-16)18-14-23(15-20(18)11-5-6-12-20)13-7-10-17-8-3-2-4-9-17/h2-4,8-9,18H,5-7,10-15H2,1H3. The predicted octanol–water partition coefficient (Wildman–Crippen LogP) is 3.97. The van der Waals surface area contributed by atoms with E-state index in [2.05, 4.69) is 45.4 Å². The van der Waals surface area contributed by atoms with Crippen molar-refractivity contribution in [1.82, 2.24) is 15.0 Å². The van der Waals surface area contributed by atoms with E-state index in [0.717, 1.165) is 24.7 Å². The molecule has 2 aromatic rings. The summed E-state index contributed by atoms with van der Waals surface area (Å²) in [5.74, 6) is 2.07. The second-order valence-electron chi connectivity index (χ2n) is 7.63. The van der Waals surface area contributed by atoms with Gasteiger partial charge in [0.05, 0.1) is 5.92 Å². The molecule has 1 spiro atoms. The molecule has 1 aliphatic heterocycles. The van der Waals surface area contributed by atoms with Crippen LogP contribution < -0.4 is 0 Å². The zero-order valence-corrected chi connectivity index (χ0v) is 14.6. The van der Waals surface area contributed by atoms with Crippen LogP contribution in [0, 0.1) is 12.3 Å². The van der Waals surface area contributed by atoms with E-state index in [0.29, 0.717) is 11.3 Å². The Kier molecular flexibility index (Phi) is 4.40. The van der Waals surface area contributed by atoms with E-state index < -0.39 is 0 Å². The highest BCUT2D eigenvalue weighted by Gasteiger charge is 2.50. The van der Waals surface area contributed by atoms with Crippen molar-refractivity contribution >= 4 is 0 Å². The Bertz CT molecular complexity index is 661. The lowest BCUT2D eigenvalue weighted by atomic mass is 9.76. The molecule has 1 aliphatic carbocycles. The largest absolute Gasteiger partial charge is 0.339 e. The molecule has 128 valence electrons. The normalized spacial score (nSPS) is 23.3. The fourth-order valence-electron chi connectivity index (χ4n) is 4.77. The molecule has 1 unspecified atom stereocenters. The van der Waals surface area contributed by atoms with Crippen LogP contribution in [0.1, 0.15) is 55.3 Å². The third-order valence-electron chi connectivity index (χ3n) is 5.94. The average molecular weight is 325 g/mol. The summed E-state index contributed by atoms with van der Waals surface area (Å²) in [6, 6.07) is 10.8. The molecule has 1 aromatic carbocycles. The number of rotatable bonds is 5. The van der Waals surface area contributed by atoms with Gasteiger partial charge in [0.2, 0.25) is 5.89 Å². The molecule has 2 aliphatic rings. The molecule has 4 nitrogen and oxygen atoms in total. The van der Waals surface area contributed by atoms with Crippen molar-refractivity contribution in [3.05, 3.63) is 47.6 Å². The van der Waals surface area contributed by atoms with Gasteiger partial charge in [0.15, 0.2) is 5.82 Å². The van der Waals surface area contributed by atoms with Gasteiger partial charge in [-0.1, -0.05) is 48.3 Å². The maximum absolute atomic E-state index is 5.57. The van der Waals surface area contributed by atoms with Crippen LogP contribution in [-0.2, 0) is 6.42 Å². The van der Waals surface area contributed by atoms with Crippen LogP contribution in [0.2, 0.25) is 0 Å². The maximum Gasteiger partial charge on any atom is 0.231 e. The van der Waals surface area contributed by atoms with E-state index in [1.54, 1.807) is 0 Å². The zero-order valence-electron chi connectivity index (χ0n) is 14.6. The van der Waals surface area contributed by atoms with Gasteiger partial charge in [-0.3, -0.25) is 0 Å². The third-order valence-corrected chi connectivity index (χ3v) is 5.94. The summed E-state index contributed by atoms with van der Waals surface area (Å²) in [6.07, 6.45) is 7.70. The van der Waals surface area contributed by atoms with Gasteiger partial charge in [0.25, 0.3) is 0 Å². The Morgan fingerprint density at radius 3 is 2.71 bits per heavy atom. The first kappa shape index (κ1) is 15.8. The van der Waals surface area contributed by atoms with Gasteiger partial charge < -0.3 is 9.42 Å². The van der Waals surface area contributed by atoms with Gasteiger partial charge in [-0.15, -0.1) is 0 Å². The summed E-state index contributed by atoms with van der Waals surface area (Å²) in [6.45, 7) is 5.37. The quantitative estimate of drug-likeness (QED) is 0.834. The summed E-state index contributed by atoms with van der Waals surface area (Å²) < 4.78 is 5.57. The molecule has 1 saturated heterocycles. The van der Waals surface area contributed by atoms with Crippen molar-refractivity contribution in [2.75, 3.05) is 19.6 Å². The molecular weight excluding hydrogens is 298 g/mol. The van der Waals surface area contributed by atoms with Crippen LogP contribution in [0.25, 0.3) is 0 Å². The van der Waals surface area contributed by atoms with Crippen molar-refractivity contribution < 1.29 is 4.52 Å². The molecule has 4 heteroatoms. The second kappa shape index (κ2) is 6.67. The van der Waals surface area contributed by atoms with E-state index in [4.69, 9.17) is 4.52 Å². The van der Waals surface area contributed by atoms with Crippen molar-refractivity contribution in [1.29, 1.82) is 0 Å². The lowest BCUT2D eigenvalue weighted by molar-refractivity contribution is 0.228. The highest BCUT2D eigenvalue weighted by Crippen LogP contribution is 2.53. The topological polar surface area (TPSA) is 42.2 Å². The number of aryl methyl sites for hydroxylation is 2. The first-order chi connectivity index (χ1) is 11.8. The molecule has 1 atom stereocenters. The van der Waals surface area contributed by atoms with Crippen molar-refractivity contribution in [3.8, 4) is 0 Å². The van der Waals surface area contributed by atoms with Gasteiger partial charge in [-0.05, 0) is 50.1 Å². The minimum absolute atomic E-state index is 0.381. The summed E-state index contributed by atoms with van der Waals surface area (Å²) in [4.78, 5) is 7.21. The predicted molar refractivity (Wildman–Crippen MR) is 93.9 cm³/mol. The summed E-state index contributed by atoms with van der Waals surface area (Å²) in [7, 11) is 0. The SMILES string of the molecule is Cc1noc(C2CN(CCCc3ccccc3)CC23CCCC3)n1. The Labute approximate surface area is 144 Å². The van der Waals surface area contributed by atoms with E-state index in [1.807, 2.05) is 6.92 Å². The number of benzene rings is 1. The van der Waals surface area contributed by atoms with Crippen LogP contribution in [0.3, 0.4) is 0 Å². The van der Waals surface area contributed by atoms with Crippen molar-refractivity contribution in [2.45, 2.75) is 51.4 Å². The van der Waals surface area contributed by atoms with Gasteiger partial charge in [0.1, 0.15) is 0 Å². The lowest BCUT2D eigenvalue weighted by Gasteiger charge is -2.27. The number of nitrogens with zero attached hydrogens (tertiary/aromatic N) is 3. The summed E-state index contributed by atoms with van der Waals surface area (Å²) in [5, 5.41) is 4.04. The van der Waals surface area contributed by atoms with Crippen LogP contribution in [0.15, 0.2) is 34.9 Å². The maximum atomic E-state index is 5.57. The Hall–Kier alpha value is -1.68. The van der Waals surface area contributed by atoms with Crippen molar-refractivity contribution in [2.24, 2.45) is 5.41 Å². The minimum Gasteiger partial charge on any atom is -0.339 e. The second-order valence-corrected chi connectivity index (χ2v) is 7.63. The van der Waals surface area contributed by atoms with Gasteiger partial charge in [0, 0.05) is 13.1 Å². The monoisotopic (exact) mass is 325 g/mol. The first-order valence-corrected chi connectivity index (χ1v) is 9.32. The minimum atomic E-state index is 0.381. The van der Waals surface area contributed by atoms with Crippen molar-refractivity contribution in [3.63, 3.8) is 0 Å². The molecular formula is C20H27N3O. The van der Waals surface area contributed by atoms with Crippen LogP contribution in [-0.4, -0.2) is 34.7 Å². The molecule has 0 amide bonds. The summed E-state index contributed by atoms with van der Waals surface area (Å²) in [5.41, 5.74) is 1.82. The van der Waals surface area contributed by atoms with E-state index >= 15 is 0 Å². The molecule has 2 heterocycles. The molecule has 0 radical (unpaired) electrons. The Morgan fingerprint density at radius 2 is 2.00 bits per heavy atom. The van der Waals surface area contributed by atoms with Gasteiger partial charge in [-0.25, -0.2) is 0 Å². The molecule has 1 saturated carbocycles. The number of hydrogen-bond acceptors (Lipinski definition) is 4. The fraction of sp³-hybridized carbons (Fsp3) is 0.600. The molecule has 2 fully saturated rings. The zero-order chi connectivity index (χ0) is 16.4. The average Bonchev–Trinajstić information content (AvgIpc) is 3.31. The van der Waals surface area contributed by atoms with E-state index in [1.165, 1.54) is 50.8 Å². The molecule has 1 aromatic heterocycles. The van der Waals surface area contributed by atoms with Gasteiger partial charge in [-0.2, -0.15) is 4.98 Å². The third kappa shape index (κ3) is 3.12. The molecule has 0 bridgehead atoms. The molecule has 4 rings (SSSR count). The van der Waals surface area contributed by atoms with Gasteiger partial charge >= 0.3 is 0 Å². The van der Waals surface area contributed by atoms with E-state index in [-0.39, 0.29) is 0 Å².